The molecule has 158 valence electrons. The molecular formula is C26H22N4O2. The van der Waals surface area contributed by atoms with Gasteiger partial charge in [0.2, 0.25) is 0 Å². The maximum absolute atomic E-state index is 13.7. The predicted molar refractivity (Wildman–Crippen MR) is 125 cm³/mol. The van der Waals surface area contributed by atoms with Gasteiger partial charge in [0.05, 0.1) is 11.4 Å². The third-order valence-corrected chi connectivity index (χ3v) is 6.11. The molecular weight excluding hydrogens is 400 g/mol. The number of carbonyl (C=O) groups excluding carboxylic acids is 1. The highest BCUT2D eigenvalue weighted by molar-refractivity contribution is 6.10. The van der Waals surface area contributed by atoms with Crippen molar-refractivity contribution in [2.75, 3.05) is 22.9 Å². The number of carbonyl (C=O) groups is 1. The van der Waals surface area contributed by atoms with E-state index in [1.807, 2.05) is 53.4 Å². The number of fused-ring (bicyclic) bond motifs is 2. The fourth-order valence-electron chi connectivity index (χ4n) is 4.41. The standard InChI is InChI=1S/C26H22N4O2/c31-26(30-16-15-29(19-10-11-19)21-7-1-2-8-22(21)30)20-17-27-14-12-23(20)32-24-9-3-5-18-6-4-13-28-25(18)24/h1-9,12-14,17,19H,10-11,15-16H2. The maximum Gasteiger partial charge on any atom is 0.263 e. The summed E-state index contributed by atoms with van der Waals surface area (Å²) >= 11 is 0. The largest absolute Gasteiger partial charge is 0.454 e. The fraction of sp³-hybridized carbons (Fsp3) is 0.192. The minimum atomic E-state index is -0.107. The van der Waals surface area contributed by atoms with Crippen LogP contribution in [0.4, 0.5) is 11.4 Å². The van der Waals surface area contributed by atoms with Crippen molar-refractivity contribution in [2.24, 2.45) is 0 Å². The van der Waals surface area contributed by atoms with E-state index in [1.54, 1.807) is 24.7 Å². The van der Waals surface area contributed by atoms with E-state index in [4.69, 9.17) is 4.74 Å². The Balaban J connectivity index is 1.36. The molecule has 0 atom stereocenters. The van der Waals surface area contributed by atoms with Crippen LogP contribution < -0.4 is 14.5 Å². The Bertz CT molecular complexity index is 1310. The van der Waals surface area contributed by atoms with Gasteiger partial charge >= 0.3 is 0 Å². The molecule has 2 aliphatic rings. The third-order valence-electron chi connectivity index (χ3n) is 6.11. The van der Waals surface area contributed by atoms with Crippen molar-refractivity contribution < 1.29 is 9.53 Å². The summed E-state index contributed by atoms with van der Waals surface area (Å²) in [7, 11) is 0. The van der Waals surface area contributed by atoms with Crippen molar-refractivity contribution in [3.8, 4) is 11.5 Å². The van der Waals surface area contributed by atoms with Crippen molar-refractivity contribution in [1.82, 2.24) is 9.97 Å². The summed E-state index contributed by atoms with van der Waals surface area (Å²) in [4.78, 5) is 26.7. The minimum absolute atomic E-state index is 0.107. The zero-order valence-electron chi connectivity index (χ0n) is 17.5. The molecule has 0 spiro atoms. The van der Waals surface area contributed by atoms with E-state index in [-0.39, 0.29) is 5.91 Å². The zero-order valence-corrected chi connectivity index (χ0v) is 17.5. The number of aromatic nitrogens is 2. The number of benzene rings is 2. The Labute approximate surface area is 186 Å². The summed E-state index contributed by atoms with van der Waals surface area (Å²) in [5.74, 6) is 0.983. The SMILES string of the molecule is O=C(c1cnccc1Oc1cccc2cccnc12)N1CCN(C2CC2)c2ccccc21. The Morgan fingerprint density at radius 3 is 2.59 bits per heavy atom. The minimum Gasteiger partial charge on any atom is -0.454 e. The van der Waals surface area contributed by atoms with Crippen molar-refractivity contribution in [3.63, 3.8) is 0 Å². The first kappa shape index (κ1) is 18.8. The lowest BCUT2D eigenvalue weighted by Gasteiger charge is -2.38. The van der Waals surface area contributed by atoms with Crippen molar-refractivity contribution in [3.05, 3.63) is 84.8 Å². The third kappa shape index (κ3) is 3.24. The summed E-state index contributed by atoms with van der Waals surface area (Å²) in [6.45, 7) is 1.47. The van der Waals surface area contributed by atoms with Gasteiger partial charge in [-0.1, -0.05) is 30.3 Å². The lowest BCUT2D eigenvalue weighted by molar-refractivity contribution is 0.0984. The van der Waals surface area contributed by atoms with Gasteiger partial charge in [-0.15, -0.1) is 0 Å². The summed E-state index contributed by atoms with van der Waals surface area (Å²) in [5, 5.41) is 0.983. The van der Waals surface area contributed by atoms with E-state index >= 15 is 0 Å². The van der Waals surface area contributed by atoms with Crippen LogP contribution in [-0.2, 0) is 0 Å². The van der Waals surface area contributed by atoms with Crippen LogP contribution in [0.5, 0.6) is 11.5 Å². The zero-order chi connectivity index (χ0) is 21.5. The first-order valence-corrected chi connectivity index (χ1v) is 10.9. The molecule has 1 aliphatic carbocycles. The molecule has 6 rings (SSSR count). The quantitative estimate of drug-likeness (QED) is 0.461. The van der Waals surface area contributed by atoms with Gasteiger partial charge in [0.25, 0.3) is 5.91 Å². The first-order valence-electron chi connectivity index (χ1n) is 10.9. The molecule has 0 radical (unpaired) electrons. The van der Waals surface area contributed by atoms with Gasteiger partial charge in [0.1, 0.15) is 16.8 Å². The van der Waals surface area contributed by atoms with E-state index in [1.165, 1.54) is 12.8 Å². The molecule has 2 aromatic carbocycles. The Morgan fingerprint density at radius 1 is 0.875 bits per heavy atom. The lowest BCUT2D eigenvalue weighted by Crippen LogP contribution is -2.45. The van der Waals surface area contributed by atoms with Crippen LogP contribution in [0.25, 0.3) is 10.9 Å². The number of para-hydroxylation sites is 3. The van der Waals surface area contributed by atoms with Crippen LogP contribution in [0.3, 0.4) is 0 Å². The lowest BCUT2D eigenvalue weighted by atomic mass is 10.1. The van der Waals surface area contributed by atoms with E-state index < -0.39 is 0 Å². The second-order valence-corrected chi connectivity index (χ2v) is 8.18. The fourth-order valence-corrected chi connectivity index (χ4v) is 4.41. The van der Waals surface area contributed by atoms with E-state index in [0.717, 1.165) is 28.8 Å². The number of rotatable bonds is 4. The number of ether oxygens (including phenoxy) is 1. The van der Waals surface area contributed by atoms with Crippen LogP contribution in [-0.4, -0.2) is 35.0 Å². The van der Waals surface area contributed by atoms with Crippen LogP contribution in [0.2, 0.25) is 0 Å². The van der Waals surface area contributed by atoms with Crippen LogP contribution >= 0.6 is 0 Å². The number of hydrogen-bond acceptors (Lipinski definition) is 5. The molecule has 0 saturated heterocycles. The monoisotopic (exact) mass is 422 g/mol. The number of pyridine rings is 2. The second-order valence-electron chi connectivity index (χ2n) is 8.18. The van der Waals surface area contributed by atoms with Crippen molar-refractivity contribution in [1.29, 1.82) is 0 Å². The van der Waals surface area contributed by atoms with E-state index in [2.05, 4.69) is 20.9 Å². The topological polar surface area (TPSA) is 58.6 Å². The molecule has 0 N–H and O–H groups in total. The van der Waals surface area contributed by atoms with Gasteiger partial charge in [-0.25, -0.2) is 0 Å². The van der Waals surface area contributed by atoms with Crippen LogP contribution in [0, 0.1) is 0 Å². The van der Waals surface area contributed by atoms with Gasteiger partial charge in [-0.3, -0.25) is 14.8 Å². The summed E-state index contributed by atoms with van der Waals surface area (Å²) in [6, 6.07) is 20.2. The molecule has 1 aliphatic heterocycles. The summed E-state index contributed by atoms with van der Waals surface area (Å²) < 4.78 is 6.23. The van der Waals surface area contributed by atoms with E-state index in [0.29, 0.717) is 29.6 Å². The Kier molecular flexibility index (Phi) is 4.49. The molecule has 4 aromatic rings. The molecule has 3 heterocycles. The summed E-state index contributed by atoms with van der Waals surface area (Å²) in [5.41, 5.74) is 3.26. The van der Waals surface area contributed by atoms with Gasteiger partial charge in [-0.05, 0) is 43.2 Å². The van der Waals surface area contributed by atoms with Crippen LogP contribution in [0.1, 0.15) is 23.2 Å². The van der Waals surface area contributed by atoms with Gasteiger partial charge in [0.15, 0.2) is 5.75 Å². The Morgan fingerprint density at radius 2 is 1.72 bits per heavy atom. The average Bonchev–Trinajstić information content (AvgIpc) is 3.69. The molecule has 1 amide bonds. The van der Waals surface area contributed by atoms with Gasteiger partial charge in [0, 0.05) is 43.1 Å². The highest BCUT2D eigenvalue weighted by Gasteiger charge is 2.36. The smallest absolute Gasteiger partial charge is 0.263 e. The number of hydrogen-bond donors (Lipinski definition) is 0. The van der Waals surface area contributed by atoms with Crippen molar-refractivity contribution in [2.45, 2.75) is 18.9 Å². The molecule has 2 aromatic heterocycles. The van der Waals surface area contributed by atoms with Gasteiger partial charge in [-0.2, -0.15) is 0 Å². The second kappa shape index (κ2) is 7.64. The van der Waals surface area contributed by atoms with E-state index in [9.17, 15) is 4.79 Å². The Hall–Kier alpha value is -3.93. The molecule has 1 saturated carbocycles. The molecule has 0 bridgehead atoms. The summed E-state index contributed by atoms with van der Waals surface area (Å²) in [6.07, 6.45) is 7.42. The molecule has 6 heteroatoms. The molecule has 6 nitrogen and oxygen atoms in total. The number of anilines is 2. The average molecular weight is 422 g/mol. The predicted octanol–water partition coefficient (Wildman–Crippen LogP) is 5.05. The molecule has 32 heavy (non-hydrogen) atoms. The number of amides is 1. The highest BCUT2D eigenvalue weighted by Crippen LogP contribution is 2.41. The molecule has 0 unspecified atom stereocenters. The number of nitrogens with zero attached hydrogens (tertiary/aromatic N) is 4. The highest BCUT2D eigenvalue weighted by atomic mass is 16.5. The van der Waals surface area contributed by atoms with Crippen molar-refractivity contribution >= 4 is 28.2 Å². The van der Waals surface area contributed by atoms with Gasteiger partial charge < -0.3 is 14.5 Å². The molecule has 1 fully saturated rings. The van der Waals surface area contributed by atoms with Crippen LogP contribution in [0.15, 0.2) is 79.3 Å². The first-order chi connectivity index (χ1) is 15.8. The normalized spacial score (nSPS) is 15.5. The maximum atomic E-state index is 13.7.